The zero-order valence-corrected chi connectivity index (χ0v) is 25.9. The number of nitrogens with two attached hydrogens (primary N) is 2. The lowest BCUT2D eigenvalue weighted by Gasteiger charge is -2.07. The summed E-state index contributed by atoms with van der Waals surface area (Å²) in [5, 5.41) is 15.9. The molecule has 0 radical (unpaired) electrons. The van der Waals surface area contributed by atoms with Gasteiger partial charge in [0.25, 0.3) is 17.7 Å². The normalized spacial score (nSPS) is 11.3. The summed E-state index contributed by atoms with van der Waals surface area (Å²) in [6.07, 6.45) is 0.685. The van der Waals surface area contributed by atoms with Gasteiger partial charge in [-0.25, -0.2) is 0 Å². The van der Waals surface area contributed by atoms with E-state index in [2.05, 4.69) is 46.5 Å². The van der Waals surface area contributed by atoms with Crippen molar-refractivity contribution < 1.29 is 14.4 Å². The lowest BCUT2D eigenvalue weighted by atomic mass is 10.1. The number of nitrogens with one attached hydrogen (secondary N) is 7. The largest absolute Gasteiger partial charge is 0.370 e. The molecular weight excluding hydrogens is 609 g/mol. The maximum absolute atomic E-state index is 13.0. The van der Waals surface area contributed by atoms with Crippen molar-refractivity contribution in [1.29, 1.82) is 0 Å². The van der Waals surface area contributed by atoms with Crippen molar-refractivity contribution in [3.63, 3.8) is 0 Å². The summed E-state index contributed by atoms with van der Waals surface area (Å²) in [4.78, 5) is 51.8. The van der Waals surface area contributed by atoms with Gasteiger partial charge in [0.15, 0.2) is 11.9 Å². The number of aliphatic imine (C=N–C) groups is 2. The number of rotatable bonds is 11. The van der Waals surface area contributed by atoms with Crippen molar-refractivity contribution in [2.45, 2.75) is 6.42 Å². The van der Waals surface area contributed by atoms with Gasteiger partial charge in [-0.15, -0.1) is 24.8 Å². The van der Waals surface area contributed by atoms with Crippen molar-refractivity contribution in [3.8, 4) is 0 Å². The third-order valence-electron chi connectivity index (χ3n) is 6.40. The number of halogens is 2. The van der Waals surface area contributed by atoms with Crippen LogP contribution in [-0.2, 0) is 0 Å². The monoisotopic (exact) mass is 645 g/mol. The molecule has 2 aromatic carbocycles. The Bertz CT molecular complexity index is 1660. The van der Waals surface area contributed by atoms with E-state index in [1.54, 1.807) is 56.6 Å². The molecule has 0 aliphatic heterocycles. The van der Waals surface area contributed by atoms with Crippen LogP contribution in [0.1, 0.15) is 37.8 Å². The fraction of sp³-hybridized carbons (Fsp3) is 0.250. The third kappa shape index (κ3) is 9.28. The second kappa shape index (κ2) is 16.6. The molecule has 2 heterocycles. The Morgan fingerprint density at radius 1 is 0.659 bits per heavy atom. The van der Waals surface area contributed by atoms with E-state index in [0.717, 1.165) is 16.3 Å². The number of benzene rings is 2. The fourth-order valence-corrected chi connectivity index (χ4v) is 4.15. The van der Waals surface area contributed by atoms with Crippen molar-refractivity contribution in [2.75, 3.05) is 45.6 Å². The SMILES string of the molecule is CN=C(N)NCCCNC(=O)c1ccc2[nH]c(C(=O)Nc3ccc4cc(C(=O)NCCNC(N)=NC)[nH]c4c3)cc2c1.Cl.Cl. The number of fused-ring (bicyclic) bond motifs is 2. The molecule has 11 N–H and O–H groups in total. The Balaban J connectivity index is 0.00000337. The van der Waals surface area contributed by atoms with Gasteiger partial charge in [0.1, 0.15) is 11.4 Å². The predicted octanol–water partition coefficient (Wildman–Crippen LogP) is 1.66. The predicted molar refractivity (Wildman–Crippen MR) is 179 cm³/mol. The van der Waals surface area contributed by atoms with Gasteiger partial charge < -0.3 is 48.0 Å². The molecule has 0 aliphatic rings. The average Bonchev–Trinajstić information content (AvgIpc) is 3.62. The summed E-state index contributed by atoms with van der Waals surface area (Å²) in [6.45, 7) is 1.87. The van der Waals surface area contributed by atoms with Crippen molar-refractivity contribution in [1.82, 2.24) is 31.2 Å². The van der Waals surface area contributed by atoms with Crippen LogP contribution in [0.15, 0.2) is 58.5 Å². The molecule has 236 valence electrons. The summed E-state index contributed by atoms with van der Waals surface area (Å²) in [5.74, 6) is -0.158. The standard InChI is InChI=1S/C28H35N11O3.2ClH/c1-31-27(29)35-9-3-8-33-24(40)17-5-7-20-18(12-17)14-23(38-20)26(42)37-19-6-4-16-13-22(39-21(16)15-19)25(41)34-10-11-36-28(30)32-2;;/h4-7,12-15,38-39H,3,8-11H2,1-2H3,(H,33,40)(H,34,41)(H,37,42)(H3,29,31,35)(H3,30,32,36);2*1H. The minimum atomic E-state index is -0.342. The minimum Gasteiger partial charge on any atom is -0.370 e. The van der Waals surface area contributed by atoms with E-state index < -0.39 is 0 Å². The number of aromatic nitrogens is 2. The van der Waals surface area contributed by atoms with Crippen molar-refractivity contribution in [2.24, 2.45) is 21.5 Å². The molecule has 0 saturated heterocycles. The van der Waals surface area contributed by atoms with E-state index in [1.807, 2.05) is 6.07 Å². The molecule has 14 nitrogen and oxygen atoms in total. The fourth-order valence-electron chi connectivity index (χ4n) is 4.15. The summed E-state index contributed by atoms with van der Waals surface area (Å²) in [6, 6.07) is 14.0. The van der Waals surface area contributed by atoms with Gasteiger partial charge in [-0.2, -0.15) is 0 Å². The first-order chi connectivity index (χ1) is 20.3. The Labute approximate surface area is 266 Å². The summed E-state index contributed by atoms with van der Waals surface area (Å²) < 4.78 is 0. The second-order valence-corrected chi connectivity index (χ2v) is 9.36. The molecular formula is C28H37Cl2N11O3. The molecule has 0 unspecified atom stereocenters. The van der Waals surface area contributed by atoms with Gasteiger partial charge >= 0.3 is 0 Å². The van der Waals surface area contributed by atoms with Gasteiger partial charge in [0, 0.05) is 73.3 Å². The number of H-pyrrole nitrogens is 2. The Morgan fingerprint density at radius 2 is 1.25 bits per heavy atom. The van der Waals surface area contributed by atoms with E-state index in [0.29, 0.717) is 72.7 Å². The highest BCUT2D eigenvalue weighted by molar-refractivity contribution is 6.08. The lowest BCUT2D eigenvalue weighted by molar-refractivity contribution is 0.0943. The molecule has 16 heteroatoms. The molecule has 2 aromatic heterocycles. The average molecular weight is 647 g/mol. The smallest absolute Gasteiger partial charge is 0.272 e. The van der Waals surface area contributed by atoms with Gasteiger partial charge in [0.2, 0.25) is 0 Å². The number of carbonyl (C=O) groups excluding carboxylic acids is 3. The molecule has 0 saturated carbocycles. The van der Waals surface area contributed by atoms with Crippen LogP contribution >= 0.6 is 24.8 Å². The molecule has 0 fully saturated rings. The number of guanidine groups is 2. The van der Waals surface area contributed by atoms with E-state index in [9.17, 15) is 14.4 Å². The third-order valence-corrected chi connectivity index (χ3v) is 6.40. The summed E-state index contributed by atoms with van der Waals surface area (Å²) in [5.41, 5.74) is 14.4. The van der Waals surface area contributed by atoms with E-state index in [-0.39, 0.29) is 42.5 Å². The molecule has 4 aromatic rings. The molecule has 4 rings (SSSR count). The van der Waals surface area contributed by atoms with Gasteiger partial charge in [-0.3, -0.25) is 24.4 Å². The van der Waals surface area contributed by atoms with Gasteiger partial charge in [-0.05, 0) is 48.9 Å². The first-order valence-corrected chi connectivity index (χ1v) is 13.3. The lowest BCUT2D eigenvalue weighted by Crippen LogP contribution is -2.38. The molecule has 0 atom stereocenters. The van der Waals surface area contributed by atoms with Crippen LogP contribution in [0, 0.1) is 0 Å². The van der Waals surface area contributed by atoms with Crippen molar-refractivity contribution in [3.05, 3.63) is 65.5 Å². The quantitative estimate of drug-likeness (QED) is 0.0666. The number of hydrogen-bond donors (Lipinski definition) is 9. The molecule has 0 aliphatic carbocycles. The summed E-state index contributed by atoms with van der Waals surface area (Å²) >= 11 is 0. The van der Waals surface area contributed by atoms with Gasteiger partial charge in [0.05, 0.1) is 0 Å². The Hall–Kier alpha value is -4.95. The zero-order valence-electron chi connectivity index (χ0n) is 24.2. The van der Waals surface area contributed by atoms with Crippen LogP contribution in [-0.4, -0.2) is 79.9 Å². The Morgan fingerprint density at radius 3 is 1.98 bits per heavy atom. The molecule has 0 spiro atoms. The van der Waals surface area contributed by atoms with Crippen molar-refractivity contribution >= 4 is 81.9 Å². The highest BCUT2D eigenvalue weighted by atomic mass is 35.5. The first kappa shape index (κ1) is 35.2. The topological polar surface area (TPSA) is 220 Å². The molecule has 44 heavy (non-hydrogen) atoms. The van der Waals surface area contributed by atoms with Crippen LogP contribution in [0.2, 0.25) is 0 Å². The van der Waals surface area contributed by atoms with Gasteiger partial charge in [-0.1, -0.05) is 6.07 Å². The summed E-state index contributed by atoms with van der Waals surface area (Å²) in [7, 11) is 3.17. The van der Waals surface area contributed by atoms with E-state index in [1.165, 1.54) is 0 Å². The van der Waals surface area contributed by atoms with E-state index >= 15 is 0 Å². The maximum atomic E-state index is 13.0. The van der Waals surface area contributed by atoms with Crippen LogP contribution in [0.5, 0.6) is 0 Å². The highest BCUT2D eigenvalue weighted by Gasteiger charge is 2.14. The first-order valence-electron chi connectivity index (χ1n) is 13.3. The van der Waals surface area contributed by atoms with E-state index in [4.69, 9.17) is 11.5 Å². The number of hydrogen-bond acceptors (Lipinski definition) is 5. The highest BCUT2D eigenvalue weighted by Crippen LogP contribution is 2.22. The zero-order chi connectivity index (χ0) is 30.1. The number of anilines is 1. The number of amides is 3. The number of aromatic amines is 2. The molecule has 3 amide bonds. The van der Waals surface area contributed by atoms with Crippen LogP contribution in [0.4, 0.5) is 5.69 Å². The Kier molecular flexibility index (Phi) is 13.3. The second-order valence-electron chi connectivity index (χ2n) is 9.36. The molecule has 0 bridgehead atoms. The number of carbonyl (C=O) groups is 3. The van der Waals surface area contributed by atoms with Crippen LogP contribution < -0.4 is 38.1 Å². The maximum Gasteiger partial charge on any atom is 0.272 e. The number of nitrogens with zero attached hydrogens (tertiary/aromatic N) is 2. The minimum absolute atomic E-state index is 0. The van der Waals surface area contributed by atoms with Crippen LogP contribution in [0.3, 0.4) is 0 Å². The van der Waals surface area contributed by atoms with Crippen LogP contribution in [0.25, 0.3) is 21.8 Å².